The fraction of sp³-hybridized carbons (Fsp3) is 0.257. The minimum atomic E-state index is -0.0767. The summed E-state index contributed by atoms with van der Waals surface area (Å²) >= 11 is 0. The highest BCUT2D eigenvalue weighted by Crippen LogP contribution is 2.25. The van der Waals surface area contributed by atoms with Gasteiger partial charge in [0.2, 0.25) is 5.91 Å². The maximum absolute atomic E-state index is 13.3. The van der Waals surface area contributed by atoms with E-state index in [0.29, 0.717) is 19.7 Å². The van der Waals surface area contributed by atoms with Gasteiger partial charge in [-0.2, -0.15) is 0 Å². The lowest BCUT2D eigenvalue weighted by Gasteiger charge is -2.31. The Morgan fingerprint density at radius 1 is 0.857 bits per heavy atom. The lowest BCUT2D eigenvalue weighted by atomic mass is 9.97. The summed E-state index contributed by atoms with van der Waals surface area (Å²) in [6.07, 6.45) is 1.85. The Morgan fingerprint density at radius 2 is 1.60 bits per heavy atom. The van der Waals surface area contributed by atoms with Gasteiger partial charge in [0.25, 0.3) is 0 Å². The van der Waals surface area contributed by atoms with Crippen molar-refractivity contribution < 1.29 is 14.3 Å². The fourth-order valence-corrected chi connectivity index (χ4v) is 5.57. The number of likely N-dealkylation sites (tertiary alicyclic amines) is 1. The molecular formula is C35H36N4O3. The van der Waals surface area contributed by atoms with Crippen molar-refractivity contribution in [1.82, 2.24) is 14.5 Å². The number of hydrogen-bond acceptors (Lipinski definition) is 5. The lowest BCUT2D eigenvalue weighted by Crippen LogP contribution is -2.40. The number of piperidine rings is 1. The van der Waals surface area contributed by atoms with Gasteiger partial charge in [-0.05, 0) is 79.0 Å². The average molecular weight is 561 g/mol. The summed E-state index contributed by atoms with van der Waals surface area (Å²) < 4.78 is 13.5. The van der Waals surface area contributed by atoms with Crippen LogP contribution in [0.25, 0.3) is 11.0 Å². The molecule has 1 aliphatic heterocycles. The SMILES string of the molecule is COc1ccc(Cn2c(CN3CCC[C@@H](C(=O)Nc4ccc(OCc5ccccc5)cc4)C3)nc3ccccc32)cc1. The van der Waals surface area contributed by atoms with E-state index in [4.69, 9.17) is 14.5 Å². The molecule has 0 radical (unpaired) electrons. The quantitative estimate of drug-likeness (QED) is 0.211. The van der Waals surface area contributed by atoms with Crippen molar-refractivity contribution in [2.45, 2.75) is 32.5 Å². The average Bonchev–Trinajstić information content (AvgIpc) is 3.38. The third-order valence-corrected chi connectivity index (χ3v) is 7.84. The number of para-hydroxylation sites is 2. The number of amides is 1. The Labute approximate surface area is 246 Å². The molecule has 0 saturated carbocycles. The van der Waals surface area contributed by atoms with E-state index in [2.05, 4.69) is 45.1 Å². The van der Waals surface area contributed by atoms with Gasteiger partial charge in [0, 0.05) is 18.8 Å². The number of hydrogen-bond donors (Lipinski definition) is 1. The van der Waals surface area contributed by atoms with E-state index in [9.17, 15) is 4.79 Å². The van der Waals surface area contributed by atoms with Gasteiger partial charge in [-0.1, -0.05) is 54.6 Å². The maximum atomic E-state index is 13.3. The lowest BCUT2D eigenvalue weighted by molar-refractivity contribution is -0.121. The van der Waals surface area contributed by atoms with Crippen LogP contribution >= 0.6 is 0 Å². The largest absolute Gasteiger partial charge is 0.497 e. The predicted octanol–water partition coefficient (Wildman–Crippen LogP) is 6.52. The number of carbonyl (C=O) groups is 1. The van der Waals surface area contributed by atoms with Gasteiger partial charge in [0.1, 0.15) is 23.9 Å². The zero-order valence-electron chi connectivity index (χ0n) is 23.9. The number of methoxy groups -OCH3 is 1. The Hall–Kier alpha value is -4.62. The molecule has 1 aromatic heterocycles. The second-order valence-electron chi connectivity index (χ2n) is 10.8. The topological polar surface area (TPSA) is 68.6 Å². The summed E-state index contributed by atoms with van der Waals surface area (Å²) in [5.74, 6) is 2.62. The molecule has 4 aromatic carbocycles. The molecule has 1 saturated heterocycles. The van der Waals surface area contributed by atoms with Crippen LogP contribution in [0.3, 0.4) is 0 Å². The highest BCUT2D eigenvalue weighted by atomic mass is 16.5. The van der Waals surface area contributed by atoms with E-state index in [1.807, 2.05) is 72.8 Å². The molecule has 7 nitrogen and oxygen atoms in total. The Kier molecular flexibility index (Phi) is 8.47. The Morgan fingerprint density at radius 3 is 2.38 bits per heavy atom. The number of carbonyl (C=O) groups excluding carboxylic acids is 1. The van der Waals surface area contributed by atoms with Crippen LogP contribution < -0.4 is 14.8 Å². The Bertz CT molecular complexity index is 1610. The molecule has 1 aliphatic rings. The van der Waals surface area contributed by atoms with Gasteiger partial charge >= 0.3 is 0 Å². The molecule has 0 spiro atoms. The third kappa shape index (κ3) is 6.64. The molecule has 0 aliphatic carbocycles. The van der Waals surface area contributed by atoms with Crippen molar-refractivity contribution in [2.75, 3.05) is 25.5 Å². The summed E-state index contributed by atoms with van der Waals surface area (Å²) in [5.41, 5.74) is 5.19. The van der Waals surface area contributed by atoms with E-state index in [0.717, 1.165) is 65.5 Å². The van der Waals surface area contributed by atoms with Crippen LogP contribution in [0.4, 0.5) is 5.69 Å². The number of ether oxygens (including phenoxy) is 2. The molecule has 2 heterocycles. The number of rotatable bonds is 10. The van der Waals surface area contributed by atoms with Gasteiger partial charge in [-0.15, -0.1) is 0 Å². The van der Waals surface area contributed by atoms with Gasteiger partial charge in [0.05, 0.1) is 30.6 Å². The van der Waals surface area contributed by atoms with Gasteiger partial charge in [-0.3, -0.25) is 9.69 Å². The van der Waals surface area contributed by atoms with Crippen molar-refractivity contribution in [2.24, 2.45) is 5.92 Å². The minimum Gasteiger partial charge on any atom is -0.497 e. The summed E-state index contributed by atoms with van der Waals surface area (Å²) in [6, 6.07) is 34.1. The fourth-order valence-electron chi connectivity index (χ4n) is 5.57. The molecule has 1 fully saturated rings. The van der Waals surface area contributed by atoms with Crippen molar-refractivity contribution in [1.29, 1.82) is 0 Å². The van der Waals surface area contributed by atoms with Gasteiger partial charge < -0.3 is 19.4 Å². The van der Waals surface area contributed by atoms with Crippen LogP contribution in [0.2, 0.25) is 0 Å². The zero-order valence-corrected chi connectivity index (χ0v) is 23.9. The van der Waals surface area contributed by atoms with E-state index in [-0.39, 0.29) is 11.8 Å². The normalized spacial score (nSPS) is 15.4. The van der Waals surface area contributed by atoms with Crippen LogP contribution in [-0.2, 0) is 24.5 Å². The van der Waals surface area contributed by atoms with Gasteiger partial charge in [-0.25, -0.2) is 4.98 Å². The standard InChI is InChI=1S/C35H36N4O3/c1-41-30-17-13-26(14-18-30)22-39-33-12-6-5-11-32(33)37-34(39)24-38-21-7-10-28(23-38)35(40)36-29-15-19-31(20-16-29)42-25-27-8-3-2-4-9-27/h2-6,8-9,11-20,28H,7,10,21-25H2,1H3,(H,36,40)/t28-/m1/s1. The molecule has 214 valence electrons. The van der Waals surface area contributed by atoms with E-state index < -0.39 is 0 Å². The third-order valence-electron chi connectivity index (χ3n) is 7.84. The number of fused-ring (bicyclic) bond motifs is 1. The first-order chi connectivity index (χ1) is 20.6. The molecule has 0 bridgehead atoms. The minimum absolute atomic E-state index is 0.0596. The number of imidazole rings is 1. The van der Waals surface area contributed by atoms with Crippen LogP contribution in [0.1, 0.15) is 29.8 Å². The van der Waals surface area contributed by atoms with Crippen molar-refractivity contribution >= 4 is 22.6 Å². The maximum Gasteiger partial charge on any atom is 0.228 e. The second-order valence-corrected chi connectivity index (χ2v) is 10.8. The molecule has 7 heteroatoms. The first kappa shape index (κ1) is 27.5. The molecule has 1 atom stereocenters. The summed E-state index contributed by atoms with van der Waals surface area (Å²) in [4.78, 5) is 20.6. The number of nitrogens with one attached hydrogen (secondary N) is 1. The second kappa shape index (κ2) is 12.9. The number of anilines is 1. The predicted molar refractivity (Wildman–Crippen MR) is 166 cm³/mol. The smallest absolute Gasteiger partial charge is 0.228 e. The number of nitrogens with zero attached hydrogens (tertiary/aromatic N) is 3. The van der Waals surface area contributed by atoms with Crippen molar-refractivity contribution in [3.8, 4) is 11.5 Å². The molecule has 42 heavy (non-hydrogen) atoms. The summed E-state index contributed by atoms with van der Waals surface area (Å²) in [5, 5.41) is 3.12. The van der Waals surface area contributed by atoms with Crippen LogP contribution in [0.5, 0.6) is 11.5 Å². The first-order valence-electron chi connectivity index (χ1n) is 14.5. The highest BCUT2D eigenvalue weighted by Gasteiger charge is 2.27. The molecule has 0 unspecified atom stereocenters. The molecular weight excluding hydrogens is 524 g/mol. The molecule has 6 rings (SSSR count). The summed E-state index contributed by atoms with van der Waals surface area (Å²) in [7, 11) is 1.68. The van der Waals surface area contributed by atoms with Gasteiger partial charge in [0.15, 0.2) is 0 Å². The monoisotopic (exact) mass is 560 g/mol. The van der Waals surface area contributed by atoms with E-state index >= 15 is 0 Å². The van der Waals surface area contributed by atoms with Crippen molar-refractivity contribution in [3.05, 3.63) is 120 Å². The number of benzene rings is 4. The molecule has 1 N–H and O–H groups in total. The number of aromatic nitrogens is 2. The Balaban J connectivity index is 1.09. The zero-order chi connectivity index (χ0) is 28.7. The van der Waals surface area contributed by atoms with Crippen LogP contribution in [0.15, 0.2) is 103 Å². The first-order valence-corrected chi connectivity index (χ1v) is 14.5. The van der Waals surface area contributed by atoms with E-state index in [1.54, 1.807) is 7.11 Å². The van der Waals surface area contributed by atoms with Crippen LogP contribution in [0, 0.1) is 5.92 Å². The molecule has 5 aromatic rings. The molecule has 1 amide bonds. The van der Waals surface area contributed by atoms with Crippen molar-refractivity contribution in [3.63, 3.8) is 0 Å². The summed E-state index contributed by atoms with van der Waals surface area (Å²) in [6.45, 7) is 3.59. The van der Waals surface area contributed by atoms with E-state index in [1.165, 1.54) is 5.56 Å². The van der Waals surface area contributed by atoms with Crippen LogP contribution in [-0.4, -0.2) is 40.6 Å². The highest BCUT2D eigenvalue weighted by molar-refractivity contribution is 5.92.